The molecule has 11 heteroatoms. The Morgan fingerprint density at radius 1 is 1.32 bits per heavy atom. The number of H-pyrrole nitrogens is 1. The number of halogens is 3. The molecule has 2 heterocycles. The summed E-state index contributed by atoms with van der Waals surface area (Å²) in [4.78, 5) is 12.3. The number of hydrogen-bond acceptors (Lipinski definition) is 5. The molecule has 0 fully saturated rings. The van der Waals surface area contributed by atoms with Crippen LogP contribution >= 0.6 is 0 Å². The number of carbonyl (C=O) groups is 1. The number of carbonyl (C=O) groups excluding carboxylic acids is 1. The molecule has 0 saturated heterocycles. The minimum absolute atomic E-state index is 0.207. The van der Waals surface area contributed by atoms with Gasteiger partial charge in [0.1, 0.15) is 24.8 Å². The molecule has 28 heavy (non-hydrogen) atoms. The van der Waals surface area contributed by atoms with Crippen LogP contribution in [-0.2, 0) is 11.5 Å². The normalized spacial score (nSPS) is 11.4. The van der Waals surface area contributed by atoms with E-state index < -0.39 is 18.7 Å². The first-order valence-electron chi connectivity index (χ1n) is 8.02. The second-order valence-electron chi connectivity index (χ2n) is 5.71. The van der Waals surface area contributed by atoms with Crippen molar-refractivity contribution in [3.05, 3.63) is 48.4 Å². The van der Waals surface area contributed by atoms with Gasteiger partial charge in [0.25, 0.3) is 5.91 Å². The molecule has 1 amide bonds. The summed E-state index contributed by atoms with van der Waals surface area (Å²) in [5, 5.41) is 13.1. The number of aromatic nitrogens is 4. The quantitative estimate of drug-likeness (QED) is 0.641. The highest BCUT2D eigenvalue weighted by atomic mass is 19.4. The fourth-order valence-electron chi connectivity index (χ4n) is 2.32. The average Bonchev–Trinajstić information content (AvgIpc) is 3.30. The van der Waals surface area contributed by atoms with Crippen LogP contribution in [0.3, 0.4) is 0 Å². The third-order valence-corrected chi connectivity index (χ3v) is 3.57. The molecule has 0 bridgehead atoms. The van der Waals surface area contributed by atoms with Crippen molar-refractivity contribution < 1.29 is 27.4 Å². The van der Waals surface area contributed by atoms with Gasteiger partial charge in [-0.1, -0.05) is 12.1 Å². The third kappa shape index (κ3) is 5.10. The number of nitrogens with zero attached hydrogens (tertiary/aromatic N) is 3. The number of nitrogens with one attached hydrogen (secondary N) is 2. The average molecular weight is 395 g/mol. The van der Waals surface area contributed by atoms with Gasteiger partial charge < -0.3 is 14.8 Å². The summed E-state index contributed by atoms with van der Waals surface area (Å²) in [6, 6.07) is 8.77. The fraction of sp³-hybridized carbons (Fsp3) is 0.235. The van der Waals surface area contributed by atoms with Gasteiger partial charge in [0.2, 0.25) is 0 Å². The lowest BCUT2D eigenvalue weighted by Crippen LogP contribution is -2.18. The molecule has 2 aromatic heterocycles. The summed E-state index contributed by atoms with van der Waals surface area (Å²) in [7, 11) is 1.55. The number of hydrogen-bond donors (Lipinski definition) is 2. The number of aromatic amines is 1. The predicted octanol–water partition coefficient (Wildman–Crippen LogP) is 3.07. The predicted molar refractivity (Wildman–Crippen MR) is 92.8 cm³/mol. The molecule has 148 valence electrons. The van der Waals surface area contributed by atoms with Gasteiger partial charge in [0.05, 0.1) is 30.9 Å². The van der Waals surface area contributed by atoms with Gasteiger partial charge in [-0.3, -0.25) is 9.89 Å². The highest BCUT2D eigenvalue weighted by molar-refractivity contribution is 6.03. The minimum Gasteiger partial charge on any atom is -0.497 e. The third-order valence-electron chi connectivity index (χ3n) is 3.57. The van der Waals surface area contributed by atoms with Gasteiger partial charge in [-0.2, -0.15) is 23.4 Å². The van der Waals surface area contributed by atoms with Crippen molar-refractivity contribution >= 4 is 11.6 Å². The van der Waals surface area contributed by atoms with Crippen LogP contribution in [0.1, 0.15) is 10.5 Å². The van der Waals surface area contributed by atoms with Crippen molar-refractivity contribution in [2.75, 3.05) is 19.0 Å². The largest absolute Gasteiger partial charge is 0.497 e. The molecule has 0 radical (unpaired) electrons. The van der Waals surface area contributed by atoms with Gasteiger partial charge in [0, 0.05) is 5.56 Å². The summed E-state index contributed by atoms with van der Waals surface area (Å²) < 4.78 is 47.0. The number of ether oxygens (including phenoxy) is 2. The molecule has 3 rings (SSSR count). The van der Waals surface area contributed by atoms with E-state index in [0.29, 0.717) is 17.1 Å². The smallest absolute Gasteiger partial charge is 0.411 e. The lowest BCUT2D eigenvalue weighted by atomic mass is 10.1. The van der Waals surface area contributed by atoms with Crippen LogP contribution in [0.5, 0.6) is 5.75 Å². The maximum atomic E-state index is 12.3. The Bertz CT molecular complexity index is 951. The van der Waals surface area contributed by atoms with Crippen molar-refractivity contribution in [3.8, 4) is 17.0 Å². The first-order chi connectivity index (χ1) is 13.3. The zero-order valence-electron chi connectivity index (χ0n) is 14.7. The van der Waals surface area contributed by atoms with E-state index in [-0.39, 0.29) is 12.4 Å². The summed E-state index contributed by atoms with van der Waals surface area (Å²) in [6.45, 7) is -1.77. The Morgan fingerprint density at radius 3 is 2.89 bits per heavy atom. The lowest BCUT2D eigenvalue weighted by Gasteiger charge is -2.07. The van der Waals surface area contributed by atoms with Gasteiger partial charge in [-0.05, 0) is 18.2 Å². The van der Waals surface area contributed by atoms with E-state index in [2.05, 4.69) is 25.3 Å². The van der Waals surface area contributed by atoms with Crippen molar-refractivity contribution in [3.63, 3.8) is 0 Å². The number of amides is 1. The highest BCUT2D eigenvalue weighted by Crippen LogP contribution is 2.23. The highest BCUT2D eigenvalue weighted by Gasteiger charge is 2.27. The molecule has 8 nitrogen and oxygen atoms in total. The van der Waals surface area contributed by atoms with Gasteiger partial charge in [-0.15, -0.1) is 0 Å². The maximum Gasteiger partial charge on any atom is 0.411 e. The molecule has 0 aliphatic heterocycles. The molecule has 0 unspecified atom stereocenters. The Kier molecular flexibility index (Phi) is 5.64. The molecule has 3 aromatic rings. The number of anilines is 1. The van der Waals surface area contributed by atoms with Crippen molar-refractivity contribution in [1.82, 2.24) is 20.0 Å². The number of methoxy groups -OCH3 is 1. The number of rotatable bonds is 7. The lowest BCUT2D eigenvalue weighted by molar-refractivity contribution is -0.182. The van der Waals surface area contributed by atoms with E-state index in [9.17, 15) is 18.0 Å². The molecule has 0 aliphatic carbocycles. The Labute approximate surface area is 157 Å². The van der Waals surface area contributed by atoms with Crippen LogP contribution in [0.25, 0.3) is 11.3 Å². The van der Waals surface area contributed by atoms with Gasteiger partial charge in [-0.25, -0.2) is 4.68 Å². The monoisotopic (exact) mass is 395 g/mol. The van der Waals surface area contributed by atoms with E-state index in [4.69, 9.17) is 4.74 Å². The molecule has 0 atom stereocenters. The standard InChI is InChI=1S/C17H16F3N5O3/c1-27-13-4-2-3-11(5-13)14-6-15(24-23-14)16(26)22-12-7-21-25(8-12)10-28-9-17(18,19)20/h2-8H,9-10H2,1H3,(H,22,26)(H,23,24). The van der Waals surface area contributed by atoms with E-state index in [0.717, 1.165) is 10.2 Å². The Hall–Kier alpha value is -3.34. The summed E-state index contributed by atoms with van der Waals surface area (Å²) in [5.74, 6) is 0.184. The van der Waals surface area contributed by atoms with Crippen molar-refractivity contribution in [2.24, 2.45) is 0 Å². The summed E-state index contributed by atoms with van der Waals surface area (Å²) >= 11 is 0. The van der Waals surface area contributed by atoms with E-state index >= 15 is 0 Å². The maximum absolute atomic E-state index is 12.3. The van der Waals surface area contributed by atoms with Crippen molar-refractivity contribution in [2.45, 2.75) is 12.9 Å². The van der Waals surface area contributed by atoms with Crippen LogP contribution in [0.2, 0.25) is 0 Å². The van der Waals surface area contributed by atoms with E-state index in [1.54, 1.807) is 31.4 Å². The summed E-state index contributed by atoms with van der Waals surface area (Å²) in [6.07, 6.45) is -1.76. The molecule has 0 spiro atoms. The van der Waals surface area contributed by atoms with E-state index in [1.807, 2.05) is 6.07 Å². The van der Waals surface area contributed by atoms with E-state index in [1.165, 1.54) is 12.4 Å². The Morgan fingerprint density at radius 2 is 2.14 bits per heavy atom. The van der Waals surface area contributed by atoms with Crippen molar-refractivity contribution in [1.29, 1.82) is 0 Å². The molecule has 1 aromatic carbocycles. The van der Waals surface area contributed by atoms with Gasteiger partial charge >= 0.3 is 6.18 Å². The molecule has 2 N–H and O–H groups in total. The zero-order valence-corrected chi connectivity index (χ0v) is 14.7. The Balaban J connectivity index is 1.60. The van der Waals surface area contributed by atoms with Crippen LogP contribution in [0, 0.1) is 0 Å². The van der Waals surface area contributed by atoms with Crippen LogP contribution in [0.4, 0.5) is 18.9 Å². The molecule has 0 saturated carbocycles. The molecule has 0 aliphatic rings. The minimum atomic E-state index is -4.41. The second-order valence-corrected chi connectivity index (χ2v) is 5.71. The molecular weight excluding hydrogens is 379 g/mol. The molecular formula is C17H16F3N5O3. The fourth-order valence-corrected chi connectivity index (χ4v) is 2.32. The van der Waals surface area contributed by atoms with Crippen LogP contribution < -0.4 is 10.1 Å². The summed E-state index contributed by atoms with van der Waals surface area (Å²) in [5.41, 5.74) is 1.83. The zero-order chi connectivity index (χ0) is 20.1. The SMILES string of the molecule is COc1cccc(-c2cc(C(=O)Nc3cnn(COCC(F)(F)F)c3)[nH]n2)c1. The van der Waals surface area contributed by atoms with Crippen LogP contribution in [0.15, 0.2) is 42.7 Å². The van der Waals surface area contributed by atoms with Crippen LogP contribution in [-0.4, -0.2) is 45.8 Å². The first kappa shape index (κ1) is 19.4. The topological polar surface area (TPSA) is 94.1 Å². The number of alkyl halides is 3. The first-order valence-corrected chi connectivity index (χ1v) is 8.02. The second kappa shape index (κ2) is 8.13. The number of benzene rings is 1. The van der Waals surface area contributed by atoms with Gasteiger partial charge in [0.15, 0.2) is 0 Å².